The van der Waals surface area contributed by atoms with Crippen molar-refractivity contribution < 1.29 is 0 Å². The first-order valence-corrected chi connectivity index (χ1v) is 8.55. The zero-order chi connectivity index (χ0) is 16.7. The molecule has 1 fully saturated rings. The molecule has 124 valence electrons. The molecule has 0 saturated carbocycles. The maximum absolute atomic E-state index is 6.38. The summed E-state index contributed by atoms with van der Waals surface area (Å²) < 4.78 is 1.94. The summed E-state index contributed by atoms with van der Waals surface area (Å²) in [6.07, 6.45) is 1.86. The van der Waals surface area contributed by atoms with Crippen LogP contribution in [-0.4, -0.2) is 52.7 Å². The van der Waals surface area contributed by atoms with Gasteiger partial charge < -0.3 is 9.80 Å². The summed E-state index contributed by atoms with van der Waals surface area (Å²) in [5.41, 5.74) is 3.79. The van der Waals surface area contributed by atoms with Crippen LogP contribution >= 0.6 is 11.6 Å². The van der Waals surface area contributed by atoms with Crippen molar-refractivity contribution in [3.8, 4) is 11.1 Å². The maximum atomic E-state index is 6.38. The summed E-state index contributed by atoms with van der Waals surface area (Å²) in [6, 6.07) is 9.95. The SMILES string of the molecule is Cc1cc(N2CCN(C)CC2)n2ncc(-c3ccccc3Cl)c2n1. The van der Waals surface area contributed by atoms with Gasteiger partial charge >= 0.3 is 0 Å². The van der Waals surface area contributed by atoms with E-state index in [9.17, 15) is 0 Å². The molecule has 2 aromatic heterocycles. The lowest BCUT2D eigenvalue weighted by Crippen LogP contribution is -2.45. The van der Waals surface area contributed by atoms with E-state index in [1.165, 1.54) is 0 Å². The van der Waals surface area contributed by atoms with E-state index in [1.807, 2.05) is 41.9 Å². The van der Waals surface area contributed by atoms with Crippen molar-refractivity contribution in [2.45, 2.75) is 6.92 Å². The highest BCUT2D eigenvalue weighted by molar-refractivity contribution is 6.33. The molecule has 0 unspecified atom stereocenters. The van der Waals surface area contributed by atoms with Crippen molar-refractivity contribution in [3.05, 3.63) is 47.2 Å². The van der Waals surface area contributed by atoms with E-state index in [1.54, 1.807) is 0 Å². The van der Waals surface area contributed by atoms with Gasteiger partial charge in [-0.05, 0) is 20.0 Å². The molecule has 0 atom stereocenters. The van der Waals surface area contributed by atoms with Crippen molar-refractivity contribution >= 4 is 23.1 Å². The van der Waals surface area contributed by atoms with E-state index in [0.29, 0.717) is 0 Å². The molecule has 24 heavy (non-hydrogen) atoms. The van der Waals surface area contributed by atoms with Crippen molar-refractivity contribution in [1.29, 1.82) is 0 Å². The number of rotatable bonds is 2. The van der Waals surface area contributed by atoms with E-state index in [4.69, 9.17) is 16.6 Å². The number of aryl methyl sites for hydroxylation is 1. The molecule has 1 aromatic carbocycles. The number of piperazine rings is 1. The van der Waals surface area contributed by atoms with Gasteiger partial charge in [0.25, 0.3) is 0 Å². The highest BCUT2D eigenvalue weighted by Crippen LogP contribution is 2.32. The average molecular weight is 342 g/mol. The molecule has 1 aliphatic heterocycles. The summed E-state index contributed by atoms with van der Waals surface area (Å²) in [6.45, 7) is 6.14. The van der Waals surface area contributed by atoms with Crippen LogP contribution in [0.5, 0.6) is 0 Å². The van der Waals surface area contributed by atoms with Crippen molar-refractivity contribution in [3.63, 3.8) is 0 Å². The van der Waals surface area contributed by atoms with Gasteiger partial charge in [-0.25, -0.2) is 4.98 Å². The number of benzene rings is 1. The topological polar surface area (TPSA) is 36.7 Å². The smallest absolute Gasteiger partial charge is 0.165 e. The molecule has 0 amide bonds. The Morgan fingerprint density at radius 1 is 1.04 bits per heavy atom. The molecular weight excluding hydrogens is 322 g/mol. The molecule has 6 heteroatoms. The first-order chi connectivity index (χ1) is 11.6. The Balaban J connectivity index is 1.85. The summed E-state index contributed by atoms with van der Waals surface area (Å²) in [7, 11) is 2.16. The summed E-state index contributed by atoms with van der Waals surface area (Å²) >= 11 is 6.38. The van der Waals surface area contributed by atoms with Gasteiger partial charge in [-0.15, -0.1) is 0 Å². The number of fused-ring (bicyclic) bond motifs is 1. The van der Waals surface area contributed by atoms with E-state index in [2.05, 4.69) is 28.0 Å². The van der Waals surface area contributed by atoms with Crippen LogP contribution in [0.25, 0.3) is 16.8 Å². The number of halogens is 1. The van der Waals surface area contributed by atoms with E-state index < -0.39 is 0 Å². The van der Waals surface area contributed by atoms with Crippen molar-refractivity contribution in [2.75, 3.05) is 38.1 Å². The van der Waals surface area contributed by atoms with Crippen molar-refractivity contribution in [2.24, 2.45) is 0 Å². The van der Waals surface area contributed by atoms with Crippen LogP contribution in [0.2, 0.25) is 5.02 Å². The normalized spacial score (nSPS) is 16.0. The minimum Gasteiger partial charge on any atom is -0.354 e. The number of hydrogen-bond donors (Lipinski definition) is 0. The fourth-order valence-corrected chi connectivity index (χ4v) is 3.43. The standard InChI is InChI=1S/C18H20ClN5/c1-13-11-17(23-9-7-22(2)8-10-23)24-18(21-13)15(12-20-24)14-5-3-4-6-16(14)19/h3-6,11-12H,7-10H2,1-2H3. The van der Waals surface area contributed by atoms with Crippen LogP contribution < -0.4 is 4.90 Å². The summed E-state index contributed by atoms with van der Waals surface area (Å²) in [4.78, 5) is 9.46. The molecule has 0 spiro atoms. The molecule has 1 aliphatic rings. The monoisotopic (exact) mass is 341 g/mol. The summed E-state index contributed by atoms with van der Waals surface area (Å²) in [5, 5.41) is 5.33. The zero-order valence-corrected chi connectivity index (χ0v) is 14.7. The van der Waals surface area contributed by atoms with Crippen LogP contribution in [0.3, 0.4) is 0 Å². The largest absolute Gasteiger partial charge is 0.354 e. The number of hydrogen-bond acceptors (Lipinski definition) is 4. The predicted molar refractivity (Wildman–Crippen MR) is 97.9 cm³/mol. The Morgan fingerprint density at radius 3 is 2.54 bits per heavy atom. The van der Waals surface area contributed by atoms with Gasteiger partial charge in [0.2, 0.25) is 0 Å². The quantitative estimate of drug-likeness (QED) is 0.717. The third-order valence-electron chi connectivity index (χ3n) is 4.57. The Labute approximate surface area is 146 Å². The van der Waals surface area contributed by atoms with Gasteiger partial charge in [-0.3, -0.25) is 0 Å². The number of nitrogens with zero attached hydrogens (tertiary/aromatic N) is 5. The predicted octanol–water partition coefficient (Wildman–Crippen LogP) is 3.11. The Hall–Kier alpha value is -2.11. The lowest BCUT2D eigenvalue weighted by atomic mass is 10.1. The second-order valence-corrected chi connectivity index (χ2v) is 6.73. The molecule has 4 rings (SSSR count). The third-order valence-corrected chi connectivity index (χ3v) is 4.90. The average Bonchev–Trinajstić information content (AvgIpc) is 2.99. The number of likely N-dealkylation sites (N-methyl/N-ethyl adjacent to an activating group) is 1. The fourth-order valence-electron chi connectivity index (χ4n) is 3.19. The molecule has 0 radical (unpaired) electrons. The lowest BCUT2D eigenvalue weighted by Gasteiger charge is -2.34. The second-order valence-electron chi connectivity index (χ2n) is 6.32. The highest BCUT2D eigenvalue weighted by Gasteiger charge is 2.20. The van der Waals surface area contributed by atoms with Gasteiger partial charge in [-0.2, -0.15) is 9.61 Å². The highest BCUT2D eigenvalue weighted by atomic mass is 35.5. The van der Waals surface area contributed by atoms with E-state index in [0.717, 1.165) is 59.5 Å². The molecule has 1 saturated heterocycles. The first-order valence-electron chi connectivity index (χ1n) is 8.17. The van der Waals surface area contributed by atoms with Gasteiger partial charge in [0, 0.05) is 54.1 Å². The summed E-state index contributed by atoms with van der Waals surface area (Å²) in [5.74, 6) is 1.10. The molecule has 3 heterocycles. The van der Waals surface area contributed by atoms with Crippen LogP contribution in [0.1, 0.15) is 5.69 Å². The zero-order valence-electron chi connectivity index (χ0n) is 13.9. The minimum atomic E-state index is 0.719. The first kappa shape index (κ1) is 15.4. The van der Waals surface area contributed by atoms with Crippen molar-refractivity contribution in [1.82, 2.24) is 19.5 Å². The third kappa shape index (κ3) is 2.64. The van der Waals surface area contributed by atoms with Gasteiger partial charge in [0.15, 0.2) is 5.65 Å². The van der Waals surface area contributed by atoms with Gasteiger partial charge in [0.05, 0.1) is 6.20 Å². The van der Waals surface area contributed by atoms with Gasteiger partial charge in [-0.1, -0.05) is 29.8 Å². The molecular formula is C18H20ClN5. The molecule has 0 aliphatic carbocycles. The maximum Gasteiger partial charge on any atom is 0.165 e. The second kappa shape index (κ2) is 6.07. The van der Waals surface area contributed by atoms with Gasteiger partial charge in [0.1, 0.15) is 5.82 Å². The lowest BCUT2D eigenvalue weighted by molar-refractivity contribution is 0.311. The molecule has 5 nitrogen and oxygen atoms in total. The van der Waals surface area contributed by atoms with Crippen LogP contribution in [0.4, 0.5) is 5.82 Å². The number of aromatic nitrogens is 3. The minimum absolute atomic E-state index is 0.719. The van der Waals surface area contributed by atoms with Crippen LogP contribution in [0, 0.1) is 6.92 Å². The van der Waals surface area contributed by atoms with E-state index in [-0.39, 0.29) is 0 Å². The Morgan fingerprint density at radius 2 is 1.79 bits per heavy atom. The van der Waals surface area contributed by atoms with Crippen LogP contribution in [-0.2, 0) is 0 Å². The molecule has 0 bridgehead atoms. The number of anilines is 1. The van der Waals surface area contributed by atoms with Crippen LogP contribution in [0.15, 0.2) is 36.5 Å². The van der Waals surface area contributed by atoms with E-state index >= 15 is 0 Å². The Bertz CT molecular complexity index is 880. The Kier molecular flexibility index (Phi) is 3.90. The molecule has 3 aromatic rings. The molecule has 0 N–H and O–H groups in total. The fraction of sp³-hybridized carbons (Fsp3) is 0.333.